The van der Waals surface area contributed by atoms with Crippen molar-refractivity contribution in [3.8, 4) is 0 Å². The fourth-order valence-electron chi connectivity index (χ4n) is 1.53. The summed E-state index contributed by atoms with van der Waals surface area (Å²) in [5.74, 6) is 0. The van der Waals surface area contributed by atoms with Crippen LogP contribution in [0.4, 0.5) is 13.2 Å². The minimum atomic E-state index is -4.31. The van der Waals surface area contributed by atoms with E-state index in [1.54, 1.807) is 36.4 Å². The molecule has 0 aliphatic carbocycles. The average Bonchev–Trinajstić information content (AvgIpc) is 2.39. The molecule has 0 saturated heterocycles. The van der Waals surface area contributed by atoms with Crippen molar-refractivity contribution in [2.24, 2.45) is 0 Å². The Morgan fingerprint density at radius 3 is 2.25 bits per heavy atom. The van der Waals surface area contributed by atoms with Crippen LogP contribution in [0.2, 0.25) is 5.02 Å². The number of allylic oxidation sites excluding steroid dienone is 1. The summed E-state index contributed by atoms with van der Waals surface area (Å²) in [6.45, 7) is 0. The molecule has 0 amide bonds. The number of alkyl halides is 3. The van der Waals surface area contributed by atoms with Gasteiger partial charge in [0.2, 0.25) is 0 Å². The van der Waals surface area contributed by atoms with Crippen LogP contribution in [-0.2, 0) is 0 Å². The summed E-state index contributed by atoms with van der Waals surface area (Å²) < 4.78 is 36.7. The van der Waals surface area contributed by atoms with E-state index in [9.17, 15) is 13.2 Å². The van der Waals surface area contributed by atoms with Crippen LogP contribution in [0.15, 0.2) is 64.4 Å². The van der Waals surface area contributed by atoms with Crippen LogP contribution in [0.1, 0.15) is 5.56 Å². The van der Waals surface area contributed by atoms with E-state index >= 15 is 0 Å². The number of halogens is 4. The third-order valence-electron chi connectivity index (χ3n) is 2.41. The van der Waals surface area contributed by atoms with Crippen LogP contribution >= 0.6 is 23.4 Å². The van der Waals surface area contributed by atoms with Gasteiger partial charge in [0.15, 0.2) is 0 Å². The first-order valence-electron chi connectivity index (χ1n) is 5.72. The molecule has 0 heterocycles. The molecule has 20 heavy (non-hydrogen) atoms. The monoisotopic (exact) mass is 314 g/mol. The Bertz CT molecular complexity index is 603. The topological polar surface area (TPSA) is 0 Å². The number of benzene rings is 2. The first-order valence-corrected chi connectivity index (χ1v) is 6.92. The summed E-state index contributed by atoms with van der Waals surface area (Å²) in [4.78, 5) is 1.68. The quantitative estimate of drug-likeness (QED) is 0.663. The summed E-state index contributed by atoms with van der Waals surface area (Å²) in [6.07, 6.45) is -2.98. The fourth-order valence-corrected chi connectivity index (χ4v) is 2.58. The summed E-state index contributed by atoms with van der Waals surface area (Å²) in [7, 11) is 0. The Morgan fingerprint density at radius 1 is 0.950 bits per heavy atom. The SMILES string of the molecule is FC(F)(F)C=Cc1ccccc1Sc1ccc(Cl)cc1. The van der Waals surface area contributed by atoms with Gasteiger partial charge in [-0.05, 0) is 42.0 Å². The van der Waals surface area contributed by atoms with Gasteiger partial charge < -0.3 is 0 Å². The predicted molar refractivity (Wildman–Crippen MR) is 77.1 cm³/mol. The molecule has 0 nitrogen and oxygen atoms in total. The number of rotatable bonds is 3. The minimum Gasteiger partial charge on any atom is -0.167 e. The second-order valence-electron chi connectivity index (χ2n) is 3.97. The first-order chi connectivity index (χ1) is 9.44. The fraction of sp³-hybridized carbons (Fsp3) is 0.0667. The van der Waals surface area contributed by atoms with Gasteiger partial charge in [0, 0.05) is 20.9 Å². The van der Waals surface area contributed by atoms with E-state index in [4.69, 9.17) is 11.6 Å². The van der Waals surface area contributed by atoms with Crippen molar-refractivity contribution in [2.45, 2.75) is 16.0 Å². The highest BCUT2D eigenvalue weighted by atomic mass is 35.5. The van der Waals surface area contributed by atoms with E-state index in [0.717, 1.165) is 15.9 Å². The molecule has 5 heteroatoms. The van der Waals surface area contributed by atoms with Gasteiger partial charge in [0.25, 0.3) is 0 Å². The van der Waals surface area contributed by atoms with Crippen LogP contribution in [0, 0.1) is 0 Å². The molecule has 0 spiro atoms. The molecular formula is C15H10ClF3S. The average molecular weight is 315 g/mol. The van der Waals surface area contributed by atoms with E-state index < -0.39 is 6.18 Å². The molecular weight excluding hydrogens is 305 g/mol. The zero-order chi connectivity index (χ0) is 14.6. The predicted octanol–water partition coefficient (Wildman–Crippen LogP) is 6.07. The van der Waals surface area contributed by atoms with Crippen molar-refractivity contribution < 1.29 is 13.2 Å². The molecule has 104 valence electrons. The molecule has 2 rings (SSSR count). The van der Waals surface area contributed by atoms with Gasteiger partial charge in [0.05, 0.1) is 0 Å². The number of hydrogen-bond acceptors (Lipinski definition) is 1. The molecule has 0 unspecified atom stereocenters. The summed E-state index contributed by atoms with van der Waals surface area (Å²) in [5, 5.41) is 0.625. The van der Waals surface area contributed by atoms with Crippen molar-refractivity contribution in [1.82, 2.24) is 0 Å². The van der Waals surface area contributed by atoms with E-state index in [-0.39, 0.29) is 6.08 Å². The maximum absolute atomic E-state index is 12.2. The van der Waals surface area contributed by atoms with Crippen LogP contribution < -0.4 is 0 Å². The largest absolute Gasteiger partial charge is 0.409 e. The van der Waals surface area contributed by atoms with Gasteiger partial charge >= 0.3 is 6.18 Å². The van der Waals surface area contributed by atoms with Gasteiger partial charge in [-0.15, -0.1) is 0 Å². The molecule has 0 aromatic heterocycles. The third kappa shape index (κ3) is 4.62. The van der Waals surface area contributed by atoms with Crippen molar-refractivity contribution >= 4 is 29.4 Å². The second kappa shape index (κ2) is 6.37. The second-order valence-corrected chi connectivity index (χ2v) is 5.52. The van der Waals surface area contributed by atoms with Crippen molar-refractivity contribution in [1.29, 1.82) is 0 Å². The molecule has 0 atom stereocenters. The van der Waals surface area contributed by atoms with E-state index in [0.29, 0.717) is 10.6 Å². The molecule has 2 aromatic rings. The summed E-state index contributed by atoms with van der Waals surface area (Å²) in [5.41, 5.74) is 0.532. The smallest absolute Gasteiger partial charge is 0.167 e. The highest BCUT2D eigenvalue weighted by molar-refractivity contribution is 7.99. The Hall–Kier alpha value is -1.39. The maximum atomic E-state index is 12.2. The lowest BCUT2D eigenvalue weighted by molar-refractivity contribution is -0.0790. The zero-order valence-corrected chi connectivity index (χ0v) is 11.8. The highest BCUT2D eigenvalue weighted by Gasteiger charge is 2.22. The minimum absolute atomic E-state index is 0.244. The lowest BCUT2D eigenvalue weighted by Gasteiger charge is -2.06. The Balaban J connectivity index is 2.24. The summed E-state index contributed by atoms with van der Waals surface area (Å²) in [6, 6.07) is 14.1. The normalized spacial score (nSPS) is 12.0. The summed E-state index contributed by atoms with van der Waals surface area (Å²) >= 11 is 7.20. The molecule has 0 saturated carbocycles. The molecule has 0 aliphatic rings. The highest BCUT2D eigenvalue weighted by Crippen LogP contribution is 2.32. The van der Waals surface area contributed by atoms with Crippen LogP contribution in [0.5, 0.6) is 0 Å². The van der Waals surface area contributed by atoms with Crippen molar-refractivity contribution in [2.75, 3.05) is 0 Å². The van der Waals surface area contributed by atoms with Crippen LogP contribution in [0.3, 0.4) is 0 Å². The Kier molecular flexibility index (Phi) is 4.78. The van der Waals surface area contributed by atoms with E-state index in [2.05, 4.69) is 0 Å². The van der Waals surface area contributed by atoms with Crippen molar-refractivity contribution in [3.63, 3.8) is 0 Å². The van der Waals surface area contributed by atoms with Gasteiger partial charge in [-0.2, -0.15) is 13.2 Å². The molecule has 0 aliphatic heterocycles. The van der Waals surface area contributed by atoms with E-state index in [1.807, 2.05) is 12.1 Å². The zero-order valence-electron chi connectivity index (χ0n) is 10.2. The van der Waals surface area contributed by atoms with Crippen molar-refractivity contribution in [3.05, 3.63) is 65.2 Å². The molecule has 0 bridgehead atoms. The van der Waals surface area contributed by atoms with E-state index in [1.165, 1.54) is 11.8 Å². The maximum Gasteiger partial charge on any atom is 0.409 e. The Labute approximate surface area is 124 Å². The lowest BCUT2D eigenvalue weighted by Crippen LogP contribution is -2.00. The molecule has 0 radical (unpaired) electrons. The first kappa shape index (κ1) is 15.0. The molecule has 2 aromatic carbocycles. The van der Waals surface area contributed by atoms with Gasteiger partial charge in [0.1, 0.15) is 0 Å². The molecule has 0 fully saturated rings. The lowest BCUT2D eigenvalue weighted by atomic mass is 10.2. The van der Waals surface area contributed by atoms with Gasteiger partial charge in [-0.25, -0.2) is 0 Å². The standard InChI is InChI=1S/C15H10ClF3S/c16-12-5-7-13(8-6-12)20-14-4-2-1-3-11(14)9-10-15(17,18)19/h1-10H. The van der Waals surface area contributed by atoms with Gasteiger partial charge in [-0.1, -0.05) is 41.6 Å². The Morgan fingerprint density at radius 2 is 1.60 bits per heavy atom. The third-order valence-corrected chi connectivity index (χ3v) is 3.76. The van der Waals surface area contributed by atoms with Gasteiger partial charge in [-0.3, -0.25) is 0 Å². The number of hydrogen-bond donors (Lipinski definition) is 0. The van der Waals surface area contributed by atoms with Crippen LogP contribution in [0.25, 0.3) is 6.08 Å². The van der Waals surface area contributed by atoms with Crippen LogP contribution in [-0.4, -0.2) is 6.18 Å². The molecule has 0 N–H and O–H groups in total.